The fourth-order valence-electron chi connectivity index (χ4n) is 0.789. The molecule has 0 spiro atoms. The van der Waals surface area contributed by atoms with E-state index in [-0.39, 0.29) is 5.82 Å². The van der Waals surface area contributed by atoms with Crippen molar-refractivity contribution in [2.45, 2.75) is 0 Å². The monoisotopic (exact) mass is 191 g/mol. The molecule has 0 saturated carbocycles. The van der Waals surface area contributed by atoms with E-state index in [4.69, 9.17) is 5.26 Å². The van der Waals surface area contributed by atoms with Crippen molar-refractivity contribution >= 4 is 11.8 Å². The van der Waals surface area contributed by atoms with Crippen molar-refractivity contribution in [1.82, 2.24) is 15.5 Å². The molecule has 1 aromatic rings. The molecule has 0 saturated heterocycles. The van der Waals surface area contributed by atoms with Crippen LogP contribution in [0.5, 0.6) is 0 Å². The molecular formula is C8H9N5O. The SMILES string of the molecule is C=CCNC(=O)Nc1[nH]ncc1C#N. The minimum absolute atomic E-state index is 0.286. The van der Waals surface area contributed by atoms with E-state index in [2.05, 4.69) is 27.4 Å². The third-order valence-electron chi connectivity index (χ3n) is 1.41. The number of aromatic amines is 1. The molecule has 3 N–H and O–H groups in total. The highest BCUT2D eigenvalue weighted by Gasteiger charge is 2.06. The Labute approximate surface area is 80.6 Å². The molecule has 0 bridgehead atoms. The van der Waals surface area contributed by atoms with Gasteiger partial charge >= 0.3 is 6.03 Å². The summed E-state index contributed by atoms with van der Waals surface area (Å²) in [5.41, 5.74) is 0.291. The Morgan fingerprint density at radius 2 is 2.64 bits per heavy atom. The van der Waals surface area contributed by atoms with Gasteiger partial charge in [-0.05, 0) is 0 Å². The van der Waals surface area contributed by atoms with Gasteiger partial charge in [0.2, 0.25) is 0 Å². The Hall–Kier alpha value is -2.29. The van der Waals surface area contributed by atoms with Gasteiger partial charge in [0.15, 0.2) is 0 Å². The molecule has 1 heterocycles. The van der Waals surface area contributed by atoms with Gasteiger partial charge in [0, 0.05) is 6.54 Å². The van der Waals surface area contributed by atoms with Crippen LogP contribution in [0.25, 0.3) is 0 Å². The van der Waals surface area contributed by atoms with Crippen molar-refractivity contribution < 1.29 is 4.79 Å². The molecule has 0 aliphatic carbocycles. The van der Waals surface area contributed by atoms with E-state index in [0.717, 1.165) is 0 Å². The van der Waals surface area contributed by atoms with Crippen LogP contribution >= 0.6 is 0 Å². The molecule has 0 atom stereocenters. The van der Waals surface area contributed by atoms with Crippen LogP contribution in [0.4, 0.5) is 10.6 Å². The van der Waals surface area contributed by atoms with E-state index >= 15 is 0 Å². The summed E-state index contributed by atoms with van der Waals surface area (Å²) in [5, 5.41) is 19.6. The zero-order valence-electron chi connectivity index (χ0n) is 7.37. The van der Waals surface area contributed by atoms with Crippen LogP contribution < -0.4 is 10.6 Å². The first-order valence-electron chi connectivity index (χ1n) is 3.87. The fraction of sp³-hybridized carbons (Fsp3) is 0.125. The second-order valence-electron chi connectivity index (χ2n) is 2.39. The van der Waals surface area contributed by atoms with E-state index < -0.39 is 6.03 Å². The van der Waals surface area contributed by atoms with E-state index in [0.29, 0.717) is 12.1 Å². The number of anilines is 1. The van der Waals surface area contributed by atoms with E-state index in [1.54, 1.807) is 6.08 Å². The molecule has 1 rings (SSSR count). The number of nitrogens with zero attached hydrogens (tertiary/aromatic N) is 2. The van der Waals surface area contributed by atoms with Gasteiger partial charge in [0.1, 0.15) is 17.5 Å². The summed E-state index contributed by atoms with van der Waals surface area (Å²) in [4.78, 5) is 11.1. The number of hydrogen-bond acceptors (Lipinski definition) is 3. The lowest BCUT2D eigenvalue weighted by Gasteiger charge is -2.02. The van der Waals surface area contributed by atoms with E-state index in [1.165, 1.54) is 6.20 Å². The number of aromatic nitrogens is 2. The number of carbonyl (C=O) groups is 1. The Balaban J connectivity index is 2.56. The molecule has 2 amide bonds. The fourth-order valence-corrected chi connectivity index (χ4v) is 0.789. The topological polar surface area (TPSA) is 93.6 Å². The summed E-state index contributed by atoms with van der Waals surface area (Å²) < 4.78 is 0. The standard InChI is InChI=1S/C8H9N5O/c1-2-3-10-8(14)12-7-6(4-9)5-11-13-7/h2,5H,1,3H2,(H3,10,11,12,13,14). The number of carbonyl (C=O) groups excluding carboxylic acids is 1. The Bertz CT molecular complexity index is 375. The third kappa shape index (κ3) is 2.35. The molecule has 0 radical (unpaired) electrons. The first-order chi connectivity index (χ1) is 6.77. The van der Waals surface area contributed by atoms with Gasteiger partial charge in [-0.2, -0.15) is 10.4 Å². The largest absolute Gasteiger partial charge is 0.334 e. The van der Waals surface area contributed by atoms with Crippen molar-refractivity contribution in [3.8, 4) is 6.07 Å². The lowest BCUT2D eigenvalue weighted by molar-refractivity contribution is 0.253. The summed E-state index contributed by atoms with van der Waals surface area (Å²) in [5.74, 6) is 0.286. The lowest BCUT2D eigenvalue weighted by Crippen LogP contribution is -2.29. The molecular weight excluding hydrogens is 182 g/mol. The molecule has 0 unspecified atom stereocenters. The first kappa shape index (κ1) is 9.80. The van der Waals surface area contributed by atoms with Crippen molar-refractivity contribution in [3.63, 3.8) is 0 Å². The maximum atomic E-state index is 11.1. The van der Waals surface area contributed by atoms with Gasteiger partial charge in [-0.1, -0.05) is 6.08 Å². The van der Waals surface area contributed by atoms with Gasteiger partial charge in [0.05, 0.1) is 6.20 Å². The van der Waals surface area contributed by atoms with Crippen LogP contribution in [-0.4, -0.2) is 22.8 Å². The third-order valence-corrected chi connectivity index (χ3v) is 1.41. The second-order valence-corrected chi connectivity index (χ2v) is 2.39. The quantitative estimate of drug-likeness (QED) is 0.610. The van der Waals surface area contributed by atoms with Crippen LogP contribution in [0.15, 0.2) is 18.9 Å². The number of nitriles is 1. The first-order valence-corrected chi connectivity index (χ1v) is 3.87. The summed E-state index contributed by atoms with van der Waals surface area (Å²) in [7, 11) is 0. The second kappa shape index (κ2) is 4.67. The maximum absolute atomic E-state index is 11.1. The van der Waals surface area contributed by atoms with Crippen LogP contribution in [0, 0.1) is 11.3 Å². The lowest BCUT2D eigenvalue weighted by atomic mass is 10.4. The van der Waals surface area contributed by atoms with Crippen LogP contribution in [0.1, 0.15) is 5.56 Å². The molecule has 0 aromatic carbocycles. The highest BCUT2D eigenvalue weighted by atomic mass is 16.2. The van der Waals surface area contributed by atoms with Crippen molar-refractivity contribution in [2.24, 2.45) is 0 Å². The Morgan fingerprint density at radius 3 is 3.29 bits per heavy atom. The van der Waals surface area contributed by atoms with Gasteiger partial charge in [-0.15, -0.1) is 6.58 Å². The predicted octanol–water partition coefficient (Wildman–Crippen LogP) is 0.589. The number of amides is 2. The minimum atomic E-state index is -0.411. The van der Waals surface area contributed by atoms with Crippen molar-refractivity contribution in [2.75, 3.05) is 11.9 Å². The average Bonchev–Trinajstić information content (AvgIpc) is 2.62. The van der Waals surface area contributed by atoms with Gasteiger partial charge in [0.25, 0.3) is 0 Å². The van der Waals surface area contributed by atoms with Gasteiger partial charge in [-0.25, -0.2) is 4.79 Å². The molecule has 0 aliphatic rings. The smallest absolute Gasteiger partial charge is 0.320 e. The number of H-pyrrole nitrogens is 1. The van der Waals surface area contributed by atoms with Crippen LogP contribution in [0.2, 0.25) is 0 Å². The predicted molar refractivity (Wildman–Crippen MR) is 50.5 cm³/mol. The number of nitrogens with one attached hydrogen (secondary N) is 3. The zero-order valence-corrected chi connectivity index (χ0v) is 7.37. The average molecular weight is 191 g/mol. The highest BCUT2D eigenvalue weighted by Crippen LogP contribution is 2.07. The molecule has 6 nitrogen and oxygen atoms in total. The summed E-state index contributed by atoms with van der Waals surface area (Å²) >= 11 is 0. The molecule has 1 aromatic heterocycles. The molecule has 72 valence electrons. The number of rotatable bonds is 3. The molecule has 14 heavy (non-hydrogen) atoms. The summed E-state index contributed by atoms with van der Waals surface area (Å²) in [6, 6.07) is 1.47. The molecule has 6 heteroatoms. The maximum Gasteiger partial charge on any atom is 0.320 e. The molecule has 0 aliphatic heterocycles. The Kier molecular flexibility index (Phi) is 3.27. The van der Waals surface area contributed by atoms with Gasteiger partial charge < -0.3 is 5.32 Å². The number of hydrogen-bond donors (Lipinski definition) is 3. The number of urea groups is 1. The molecule has 0 fully saturated rings. The van der Waals surface area contributed by atoms with Gasteiger partial charge in [-0.3, -0.25) is 10.4 Å². The van der Waals surface area contributed by atoms with Crippen molar-refractivity contribution in [3.05, 3.63) is 24.4 Å². The van der Waals surface area contributed by atoms with E-state index in [1.807, 2.05) is 6.07 Å². The minimum Gasteiger partial charge on any atom is -0.334 e. The van der Waals surface area contributed by atoms with Crippen LogP contribution in [-0.2, 0) is 0 Å². The van der Waals surface area contributed by atoms with Crippen molar-refractivity contribution in [1.29, 1.82) is 5.26 Å². The Morgan fingerprint density at radius 1 is 1.86 bits per heavy atom. The van der Waals surface area contributed by atoms with E-state index in [9.17, 15) is 4.79 Å². The zero-order chi connectivity index (χ0) is 10.4. The highest BCUT2D eigenvalue weighted by molar-refractivity contribution is 5.89. The summed E-state index contributed by atoms with van der Waals surface area (Å²) in [6.07, 6.45) is 2.89. The van der Waals surface area contributed by atoms with Crippen LogP contribution in [0.3, 0.4) is 0 Å². The normalized spacial score (nSPS) is 8.79. The summed E-state index contributed by atoms with van der Waals surface area (Å²) in [6.45, 7) is 3.81.